The molecule has 0 spiro atoms. The molecule has 0 radical (unpaired) electrons. The Morgan fingerprint density at radius 1 is 1.22 bits per heavy atom. The highest BCUT2D eigenvalue weighted by molar-refractivity contribution is 6.13. The predicted molar refractivity (Wildman–Crippen MR) is 81.6 cm³/mol. The van der Waals surface area contributed by atoms with Gasteiger partial charge < -0.3 is 9.73 Å². The van der Waals surface area contributed by atoms with Crippen LogP contribution in [0, 0.1) is 19.7 Å². The molecule has 0 unspecified atom stereocenters. The summed E-state index contributed by atoms with van der Waals surface area (Å²) in [7, 11) is 0. The van der Waals surface area contributed by atoms with Gasteiger partial charge in [0.1, 0.15) is 23.0 Å². The summed E-state index contributed by atoms with van der Waals surface area (Å²) in [6, 6.07) is 6.97. The molecule has 1 aliphatic rings. The van der Waals surface area contributed by atoms with Gasteiger partial charge >= 0.3 is 6.03 Å². The number of hydrogen-bond acceptors (Lipinski definition) is 3. The van der Waals surface area contributed by atoms with Crippen molar-refractivity contribution in [1.29, 1.82) is 0 Å². The van der Waals surface area contributed by atoms with Gasteiger partial charge in [0.25, 0.3) is 5.91 Å². The van der Waals surface area contributed by atoms with Crippen LogP contribution < -0.4 is 5.32 Å². The molecule has 6 heteroatoms. The van der Waals surface area contributed by atoms with Crippen LogP contribution in [0.3, 0.4) is 0 Å². The second-order valence-corrected chi connectivity index (χ2v) is 5.37. The van der Waals surface area contributed by atoms with E-state index < -0.39 is 11.9 Å². The van der Waals surface area contributed by atoms with Crippen molar-refractivity contribution in [2.24, 2.45) is 0 Å². The highest BCUT2D eigenvalue weighted by atomic mass is 19.1. The average molecular weight is 314 g/mol. The molecule has 5 nitrogen and oxygen atoms in total. The van der Waals surface area contributed by atoms with Crippen molar-refractivity contribution in [3.8, 4) is 0 Å². The molecule has 0 aliphatic carbocycles. The van der Waals surface area contributed by atoms with Gasteiger partial charge in [0, 0.05) is 5.56 Å². The van der Waals surface area contributed by atoms with Crippen molar-refractivity contribution in [3.63, 3.8) is 0 Å². The molecule has 1 aromatic carbocycles. The SMILES string of the molecule is Cc1cc(/C=C2\NC(=O)N(Cc3ccc(F)cc3)C2=O)c(C)o1. The van der Waals surface area contributed by atoms with E-state index in [9.17, 15) is 14.0 Å². The first-order chi connectivity index (χ1) is 10.9. The highest BCUT2D eigenvalue weighted by Gasteiger charge is 2.33. The van der Waals surface area contributed by atoms with E-state index >= 15 is 0 Å². The van der Waals surface area contributed by atoms with E-state index in [2.05, 4.69) is 5.32 Å². The Balaban J connectivity index is 1.82. The lowest BCUT2D eigenvalue weighted by atomic mass is 10.2. The number of furan rings is 1. The molecule has 2 heterocycles. The Morgan fingerprint density at radius 3 is 2.52 bits per heavy atom. The van der Waals surface area contributed by atoms with Crippen LogP contribution in [0.15, 0.2) is 40.4 Å². The fourth-order valence-electron chi connectivity index (χ4n) is 2.44. The summed E-state index contributed by atoms with van der Waals surface area (Å²) in [6.07, 6.45) is 1.59. The van der Waals surface area contributed by atoms with Crippen molar-refractivity contribution in [2.45, 2.75) is 20.4 Å². The molecular weight excluding hydrogens is 299 g/mol. The van der Waals surface area contributed by atoms with Gasteiger partial charge in [0.2, 0.25) is 0 Å². The van der Waals surface area contributed by atoms with Gasteiger partial charge in [-0.15, -0.1) is 0 Å². The normalized spacial score (nSPS) is 16.3. The average Bonchev–Trinajstić information content (AvgIpc) is 2.95. The number of aryl methyl sites for hydroxylation is 2. The number of benzene rings is 1. The van der Waals surface area contributed by atoms with Gasteiger partial charge in [-0.3, -0.25) is 9.69 Å². The van der Waals surface area contributed by atoms with Gasteiger partial charge in [0.05, 0.1) is 6.54 Å². The molecule has 3 amide bonds. The molecule has 118 valence electrons. The van der Waals surface area contributed by atoms with E-state index in [-0.39, 0.29) is 18.1 Å². The Kier molecular flexibility index (Phi) is 3.73. The van der Waals surface area contributed by atoms with Crippen molar-refractivity contribution in [3.05, 3.63) is 64.5 Å². The molecule has 1 saturated heterocycles. The number of carbonyl (C=O) groups excluding carboxylic acids is 2. The minimum absolute atomic E-state index is 0.0890. The topological polar surface area (TPSA) is 62.6 Å². The molecule has 1 aliphatic heterocycles. The number of halogens is 1. The summed E-state index contributed by atoms with van der Waals surface area (Å²) in [6.45, 7) is 3.69. The van der Waals surface area contributed by atoms with E-state index in [0.29, 0.717) is 11.3 Å². The van der Waals surface area contributed by atoms with Crippen LogP contribution in [-0.2, 0) is 11.3 Å². The van der Waals surface area contributed by atoms with Crippen LogP contribution in [0.1, 0.15) is 22.6 Å². The lowest BCUT2D eigenvalue weighted by Gasteiger charge is -2.11. The summed E-state index contributed by atoms with van der Waals surface area (Å²) < 4.78 is 18.3. The summed E-state index contributed by atoms with van der Waals surface area (Å²) in [5.41, 5.74) is 1.61. The number of rotatable bonds is 3. The smallest absolute Gasteiger partial charge is 0.329 e. The van der Waals surface area contributed by atoms with Crippen LogP contribution in [-0.4, -0.2) is 16.8 Å². The monoisotopic (exact) mass is 314 g/mol. The van der Waals surface area contributed by atoms with Crippen LogP contribution in [0.25, 0.3) is 6.08 Å². The highest BCUT2D eigenvalue weighted by Crippen LogP contribution is 2.20. The Morgan fingerprint density at radius 2 is 1.91 bits per heavy atom. The molecule has 3 rings (SSSR count). The first kappa shape index (κ1) is 15.0. The van der Waals surface area contributed by atoms with Crippen molar-refractivity contribution in [2.75, 3.05) is 0 Å². The second-order valence-electron chi connectivity index (χ2n) is 5.37. The second kappa shape index (κ2) is 5.72. The summed E-state index contributed by atoms with van der Waals surface area (Å²) >= 11 is 0. The summed E-state index contributed by atoms with van der Waals surface area (Å²) in [4.78, 5) is 25.5. The fourth-order valence-corrected chi connectivity index (χ4v) is 2.44. The predicted octanol–water partition coefficient (Wildman–Crippen LogP) is 3.13. The zero-order valence-electron chi connectivity index (χ0n) is 12.7. The third-order valence-electron chi connectivity index (χ3n) is 3.60. The van der Waals surface area contributed by atoms with Gasteiger partial charge in [-0.1, -0.05) is 12.1 Å². The number of amides is 3. The zero-order valence-corrected chi connectivity index (χ0v) is 12.7. The largest absolute Gasteiger partial charge is 0.466 e. The molecule has 0 atom stereocenters. The maximum absolute atomic E-state index is 12.9. The maximum Gasteiger partial charge on any atom is 0.329 e. The van der Waals surface area contributed by atoms with Crippen molar-refractivity contribution < 1.29 is 18.4 Å². The van der Waals surface area contributed by atoms with Crippen LogP contribution in [0.2, 0.25) is 0 Å². The summed E-state index contributed by atoms with van der Waals surface area (Å²) in [5.74, 6) is 0.623. The van der Waals surface area contributed by atoms with Crippen LogP contribution in [0.4, 0.5) is 9.18 Å². The zero-order chi connectivity index (χ0) is 16.6. The minimum Gasteiger partial charge on any atom is -0.466 e. The summed E-state index contributed by atoms with van der Waals surface area (Å²) in [5, 5.41) is 2.55. The molecule has 23 heavy (non-hydrogen) atoms. The van der Waals surface area contributed by atoms with E-state index in [4.69, 9.17) is 4.42 Å². The van der Waals surface area contributed by atoms with Gasteiger partial charge in [-0.05, 0) is 43.7 Å². The van der Waals surface area contributed by atoms with E-state index in [1.807, 2.05) is 6.92 Å². The molecule has 0 bridgehead atoms. The third kappa shape index (κ3) is 3.01. The van der Waals surface area contributed by atoms with E-state index in [0.717, 1.165) is 16.2 Å². The molecular formula is C17H15FN2O3. The van der Waals surface area contributed by atoms with Gasteiger partial charge in [0.15, 0.2) is 0 Å². The Hall–Kier alpha value is -2.89. The Labute approximate surface area is 132 Å². The molecule has 1 fully saturated rings. The maximum atomic E-state index is 12.9. The first-order valence-corrected chi connectivity index (χ1v) is 7.10. The number of nitrogens with zero attached hydrogens (tertiary/aromatic N) is 1. The number of urea groups is 1. The van der Waals surface area contributed by atoms with Crippen molar-refractivity contribution in [1.82, 2.24) is 10.2 Å². The van der Waals surface area contributed by atoms with E-state index in [1.165, 1.54) is 12.1 Å². The number of nitrogens with one attached hydrogen (secondary N) is 1. The molecule has 1 aromatic heterocycles. The van der Waals surface area contributed by atoms with E-state index in [1.54, 1.807) is 31.2 Å². The number of carbonyl (C=O) groups is 2. The quantitative estimate of drug-likeness (QED) is 0.699. The van der Waals surface area contributed by atoms with Gasteiger partial charge in [-0.2, -0.15) is 0 Å². The lowest BCUT2D eigenvalue weighted by Crippen LogP contribution is -2.30. The Bertz CT molecular complexity index is 806. The molecule has 2 aromatic rings. The fraction of sp³-hybridized carbons (Fsp3) is 0.176. The standard InChI is InChI=1S/C17H15FN2O3/c1-10-7-13(11(2)23-10)8-15-16(21)20(17(22)19-15)9-12-3-5-14(18)6-4-12/h3-8H,9H2,1-2H3,(H,19,22)/b15-8-. The number of hydrogen-bond donors (Lipinski definition) is 1. The number of imide groups is 1. The van der Waals surface area contributed by atoms with Crippen LogP contribution in [0.5, 0.6) is 0 Å². The molecule has 0 saturated carbocycles. The first-order valence-electron chi connectivity index (χ1n) is 7.10. The van der Waals surface area contributed by atoms with Crippen molar-refractivity contribution >= 4 is 18.0 Å². The lowest BCUT2D eigenvalue weighted by molar-refractivity contribution is -0.123. The van der Waals surface area contributed by atoms with Crippen LogP contribution >= 0.6 is 0 Å². The third-order valence-corrected chi connectivity index (χ3v) is 3.60. The minimum atomic E-state index is -0.497. The van der Waals surface area contributed by atoms with Gasteiger partial charge in [-0.25, -0.2) is 9.18 Å². The molecule has 1 N–H and O–H groups in total.